The van der Waals surface area contributed by atoms with Gasteiger partial charge in [0.05, 0.1) is 19.7 Å². The van der Waals surface area contributed by atoms with E-state index in [1.165, 1.54) is 6.33 Å². The van der Waals surface area contributed by atoms with Gasteiger partial charge in [-0.1, -0.05) is 0 Å². The summed E-state index contributed by atoms with van der Waals surface area (Å²) in [5.74, 6) is 2.99. The first-order valence-electron chi connectivity index (χ1n) is 11.4. The maximum absolute atomic E-state index is 6.16. The minimum absolute atomic E-state index is 0.112. The lowest BCUT2D eigenvalue weighted by Crippen LogP contribution is -2.38. The summed E-state index contributed by atoms with van der Waals surface area (Å²) in [7, 11) is 5.28. The number of ether oxygens (including phenoxy) is 3. The zero-order chi connectivity index (χ0) is 24.4. The van der Waals surface area contributed by atoms with Gasteiger partial charge in [0.2, 0.25) is 11.9 Å². The maximum Gasteiger partial charge on any atom is 0.241 e. The van der Waals surface area contributed by atoms with E-state index in [4.69, 9.17) is 19.9 Å². The number of methoxy groups -OCH3 is 2. The molecule has 0 radical (unpaired) electrons. The summed E-state index contributed by atoms with van der Waals surface area (Å²) in [6, 6.07) is 11.3. The molecule has 1 atom stereocenters. The van der Waals surface area contributed by atoms with Crippen LogP contribution in [-0.2, 0) is 0 Å². The van der Waals surface area contributed by atoms with Crippen LogP contribution in [0.4, 0.5) is 17.6 Å². The third-order valence-corrected chi connectivity index (χ3v) is 5.94. The van der Waals surface area contributed by atoms with Gasteiger partial charge in [0, 0.05) is 23.7 Å². The van der Waals surface area contributed by atoms with Gasteiger partial charge in [-0.15, -0.1) is 5.10 Å². The molecule has 2 aromatic carbocycles. The molecule has 4 aromatic rings. The number of fused-ring (bicyclic) bond motifs is 1. The summed E-state index contributed by atoms with van der Waals surface area (Å²) in [6.45, 7) is 2.06. The van der Waals surface area contributed by atoms with Crippen molar-refractivity contribution in [1.29, 1.82) is 0 Å². The number of likely N-dealkylation sites (N-methyl/N-ethyl adjacent to an activating group) is 1. The Hall–Kier alpha value is -4.12. The van der Waals surface area contributed by atoms with E-state index >= 15 is 0 Å². The molecule has 182 valence electrons. The Morgan fingerprint density at radius 1 is 1.06 bits per heavy atom. The van der Waals surface area contributed by atoms with Crippen LogP contribution < -0.4 is 25.3 Å². The second kappa shape index (κ2) is 9.63. The van der Waals surface area contributed by atoms with Crippen LogP contribution in [0.15, 0.2) is 42.7 Å². The molecule has 3 heterocycles. The quantitative estimate of drug-likeness (QED) is 0.411. The fourth-order valence-corrected chi connectivity index (χ4v) is 4.25. The van der Waals surface area contributed by atoms with Crippen LogP contribution in [0.25, 0.3) is 16.7 Å². The molecule has 1 aliphatic rings. The number of rotatable bonds is 7. The molecule has 1 fully saturated rings. The molecule has 0 bridgehead atoms. The number of likely N-dealkylation sites (tertiary alicyclic amines) is 1. The van der Waals surface area contributed by atoms with Crippen molar-refractivity contribution in [2.75, 3.05) is 45.4 Å². The highest BCUT2D eigenvalue weighted by Crippen LogP contribution is 2.34. The van der Waals surface area contributed by atoms with E-state index in [9.17, 15) is 0 Å². The predicted molar refractivity (Wildman–Crippen MR) is 133 cm³/mol. The van der Waals surface area contributed by atoms with Gasteiger partial charge in [0.1, 0.15) is 18.2 Å². The highest BCUT2D eigenvalue weighted by molar-refractivity contribution is 5.88. The second-order valence-corrected chi connectivity index (χ2v) is 8.42. The van der Waals surface area contributed by atoms with Crippen LogP contribution in [0.1, 0.15) is 12.8 Å². The van der Waals surface area contributed by atoms with Crippen molar-refractivity contribution >= 4 is 28.5 Å². The number of anilines is 3. The average Bonchev–Trinajstić information content (AvgIpc) is 3.23. The standard InChI is InChI=1S/C24H28N8O3/c1-31-10-4-5-17(13-31)35-16-8-6-15(7-9-16)28-24-29-23(25)30-32(24)22-18-11-20(33-2)21(34-3)12-19(18)26-14-27-22/h6-9,11-12,14,17H,4-5,10,13H2,1-3H3,(H3,25,28,29,30). The SMILES string of the molecule is COc1cc2ncnc(-n3nc(N)nc3Nc3ccc(OC4CCCN(C)C4)cc3)c2cc1OC. The van der Waals surface area contributed by atoms with Gasteiger partial charge in [-0.05, 0) is 56.8 Å². The maximum atomic E-state index is 6.16. The number of hydrogen-bond donors (Lipinski definition) is 2. The van der Waals surface area contributed by atoms with Gasteiger partial charge in [0.15, 0.2) is 17.3 Å². The lowest BCUT2D eigenvalue weighted by Gasteiger charge is -2.30. The Bertz CT molecular complexity index is 1320. The first-order chi connectivity index (χ1) is 17.0. The van der Waals surface area contributed by atoms with Crippen molar-refractivity contribution < 1.29 is 14.2 Å². The number of nitrogens with zero attached hydrogens (tertiary/aromatic N) is 6. The number of nitrogens with two attached hydrogens (primary N) is 1. The summed E-state index contributed by atoms with van der Waals surface area (Å²) < 4.78 is 18.6. The Balaban J connectivity index is 1.42. The second-order valence-electron chi connectivity index (χ2n) is 8.42. The van der Waals surface area contributed by atoms with Gasteiger partial charge >= 0.3 is 0 Å². The summed E-state index contributed by atoms with van der Waals surface area (Å²) in [5, 5.41) is 8.34. The lowest BCUT2D eigenvalue weighted by atomic mass is 10.1. The molecule has 11 heteroatoms. The molecule has 1 saturated heterocycles. The summed E-state index contributed by atoms with van der Waals surface area (Å²) in [5.41, 5.74) is 7.44. The van der Waals surface area contributed by atoms with Crippen molar-refractivity contribution in [2.24, 2.45) is 0 Å². The molecule has 2 aromatic heterocycles. The zero-order valence-electron chi connectivity index (χ0n) is 19.9. The molecule has 5 rings (SSSR count). The van der Waals surface area contributed by atoms with Gasteiger partial charge in [-0.25, -0.2) is 9.97 Å². The van der Waals surface area contributed by atoms with Crippen molar-refractivity contribution in [3.8, 4) is 23.1 Å². The Morgan fingerprint density at radius 2 is 1.83 bits per heavy atom. The van der Waals surface area contributed by atoms with Crippen LogP contribution in [0, 0.1) is 0 Å². The van der Waals surface area contributed by atoms with E-state index in [2.05, 4.69) is 37.3 Å². The third-order valence-electron chi connectivity index (χ3n) is 5.94. The number of nitrogens with one attached hydrogen (secondary N) is 1. The minimum atomic E-state index is 0.112. The Labute approximate surface area is 202 Å². The number of aromatic nitrogens is 5. The Morgan fingerprint density at radius 3 is 2.57 bits per heavy atom. The van der Waals surface area contributed by atoms with E-state index in [-0.39, 0.29) is 12.1 Å². The summed E-state index contributed by atoms with van der Waals surface area (Å²) in [4.78, 5) is 15.5. The predicted octanol–water partition coefficient (Wildman–Crippen LogP) is 3.03. The first kappa shape index (κ1) is 22.7. The third kappa shape index (κ3) is 4.76. The molecule has 0 saturated carbocycles. The molecule has 11 nitrogen and oxygen atoms in total. The molecule has 0 spiro atoms. The van der Waals surface area contributed by atoms with Gasteiger partial charge in [-0.3, -0.25) is 0 Å². The highest BCUT2D eigenvalue weighted by Gasteiger charge is 2.19. The van der Waals surface area contributed by atoms with Gasteiger partial charge < -0.3 is 30.2 Å². The van der Waals surface area contributed by atoms with Crippen molar-refractivity contribution in [3.05, 3.63) is 42.7 Å². The van der Waals surface area contributed by atoms with E-state index in [1.54, 1.807) is 31.0 Å². The zero-order valence-corrected chi connectivity index (χ0v) is 19.9. The van der Waals surface area contributed by atoms with Gasteiger partial charge in [-0.2, -0.15) is 9.67 Å². The summed E-state index contributed by atoms with van der Waals surface area (Å²) in [6.07, 6.45) is 3.88. The Kier molecular flexibility index (Phi) is 6.23. The molecule has 3 N–H and O–H groups in total. The fraction of sp³-hybridized carbons (Fsp3) is 0.333. The number of nitrogen functional groups attached to an aromatic ring is 1. The number of piperidine rings is 1. The van der Waals surface area contributed by atoms with Crippen molar-refractivity contribution in [1.82, 2.24) is 29.6 Å². The van der Waals surface area contributed by atoms with Crippen molar-refractivity contribution in [3.63, 3.8) is 0 Å². The van der Waals surface area contributed by atoms with E-state index in [1.807, 2.05) is 24.3 Å². The number of hydrogen-bond acceptors (Lipinski definition) is 10. The van der Waals surface area contributed by atoms with Crippen LogP contribution in [0.2, 0.25) is 0 Å². The molecule has 0 amide bonds. The number of benzene rings is 2. The van der Waals surface area contributed by atoms with E-state index in [0.717, 1.165) is 37.4 Å². The van der Waals surface area contributed by atoms with Crippen LogP contribution in [0.5, 0.6) is 17.2 Å². The molecule has 0 aliphatic carbocycles. The largest absolute Gasteiger partial charge is 0.493 e. The van der Waals surface area contributed by atoms with E-state index < -0.39 is 0 Å². The molecule has 1 unspecified atom stereocenters. The van der Waals surface area contributed by atoms with Crippen LogP contribution >= 0.6 is 0 Å². The summed E-state index contributed by atoms with van der Waals surface area (Å²) >= 11 is 0. The fourth-order valence-electron chi connectivity index (χ4n) is 4.25. The van der Waals surface area contributed by atoms with Crippen LogP contribution in [-0.4, -0.2) is 70.1 Å². The molecule has 1 aliphatic heterocycles. The lowest BCUT2D eigenvalue weighted by molar-refractivity contribution is 0.104. The highest BCUT2D eigenvalue weighted by atomic mass is 16.5. The topological polar surface area (TPSA) is 125 Å². The normalized spacial score (nSPS) is 16.3. The smallest absolute Gasteiger partial charge is 0.241 e. The molecule has 35 heavy (non-hydrogen) atoms. The van der Waals surface area contributed by atoms with Crippen molar-refractivity contribution in [2.45, 2.75) is 18.9 Å². The van der Waals surface area contributed by atoms with Gasteiger partial charge in [0.25, 0.3) is 0 Å². The molecular weight excluding hydrogens is 448 g/mol. The average molecular weight is 477 g/mol. The first-order valence-corrected chi connectivity index (χ1v) is 11.4. The minimum Gasteiger partial charge on any atom is -0.493 e. The monoisotopic (exact) mass is 476 g/mol. The van der Waals surface area contributed by atoms with E-state index in [0.29, 0.717) is 34.2 Å². The van der Waals surface area contributed by atoms with Crippen LogP contribution in [0.3, 0.4) is 0 Å². The molecular formula is C24H28N8O3.